The van der Waals surface area contributed by atoms with Gasteiger partial charge < -0.3 is 19.6 Å². The second-order valence-corrected chi connectivity index (χ2v) is 18.3. The van der Waals surface area contributed by atoms with Crippen LogP contribution in [0.1, 0.15) is 50.1 Å². The van der Waals surface area contributed by atoms with Gasteiger partial charge in [0, 0.05) is 51.2 Å². The first kappa shape index (κ1) is 44.4. The molecule has 0 spiro atoms. The van der Waals surface area contributed by atoms with Crippen LogP contribution in [0.2, 0.25) is 0 Å². The number of rotatable bonds is 12. The van der Waals surface area contributed by atoms with Gasteiger partial charge in [0.2, 0.25) is 0 Å². The largest absolute Gasteiger partial charge is 0.310 e. The van der Waals surface area contributed by atoms with Gasteiger partial charge >= 0.3 is 0 Å². The van der Waals surface area contributed by atoms with Crippen LogP contribution >= 0.6 is 0 Å². The highest BCUT2D eigenvalue weighted by Gasteiger charge is 2.24. The lowest BCUT2D eigenvalue weighted by Gasteiger charge is -2.33. The molecule has 0 unspecified atom stereocenters. The van der Waals surface area contributed by atoms with Gasteiger partial charge in [-0.3, -0.25) is 0 Å². The topological polar surface area (TPSA) is 13.0 Å². The lowest BCUT2D eigenvalue weighted by atomic mass is 10.0. The van der Waals surface area contributed by atoms with Crippen molar-refractivity contribution >= 4 is 68.2 Å². The van der Waals surface area contributed by atoms with Gasteiger partial charge in [-0.2, -0.15) is 0 Å². The van der Waals surface area contributed by atoms with Crippen molar-refractivity contribution in [2.75, 3.05) is 19.6 Å². The highest BCUT2D eigenvalue weighted by molar-refractivity contribution is 5.90. The summed E-state index contributed by atoms with van der Waals surface area (Å²) in [6, 6.07) is 73.9. The monoisotopic (exact) mass is 872 g/mol. The minimum Gasteiger partial charge on any atom is -0.310 e. The summed E-state index contributed by atoms with van der Waals surface area (Å²) in [5, 5.41) is 0. The summed E-state index contributed by atoms with van der Waals surface area (Å²) in [5.41, 5.74) is 24.0. The predicted molar refractivity (Wildman–Crippen MR) is 288 cm³/mol. The van der Waals surface area contributed by atoms with Crippen LogP contribution in [0.15, 0.2) is 200 Å². The molecule has 0 saturated heterocycles. The van der Waals surface area contributed by atoms with E-state index in [0.717, 1.165) is 68.2 Å². The minimum atomic E-state index is 1.05. The van der Waals surface area contributed by atoms with Gasteiger partial charge in [0.25, 0.3) is 0 Å². The Labute approximate surface area is 398 Å². The predicted octanol–water partition coefficient (Wildman–Crippen LogP) is 18.3. The van der Waals surface area contributed by atoms with Gasteiger partial charge in [0.15, 0.2) is 0 Å². The van der Waals surface area contributed by atoms with Crippen LogP contribution in [-0.4, -0.2) is 0 Å². The Morgan fingerprint density at radius 2 is 0.343 bits per heavy atom. The van der Waals surface area contributed by atoms with E-state index in [1.807, 2.05) is 0 Å². The van der Waals surface area contributed by atoms with Crippen molar-refractivity contribution < 1.29 is 0 Å². The Kier molecular flexibility index (Phi) is 12.6. The number of hydrogen-bond acceptors (Lipinski definition) is 4. The molecule has 0 bridgehead atoms. The molecule has 9 rings (SSSR count). The number of hydrogen-bond donors (Lipinski definition) is 0. The van der Waals surface area contributed by atoms with E-state index in [1.54, 1.807) is 0 Å². The molecule has 0 radical (unpaired) electrons. The molecule has 0 aliphatic rings. The quantitative estimate of drug-likeness (QED) is 0.121. The molecule has 0 aromatic heterocycles. The maximum atomic E-state index is 2.43. The van der Waals surface area contributed by atoms with Gasteiger partial charge in [-0.05, 0) is 188 Å². The summed E-state index contributed by atoms with van der Waals surface area (Å²) >= 11 is 0. The van der Waals surface area contributed by atoms with Crippen molar-refractivity contribution in [3.63, 3.8) is 0 Å². The molecule has 0 atom stereocenters. The van der Waals surface area contributed by atoms with E-state index in [2.05, 4.69) is 282 Å². The van der Waals surface area contributed by atoms with Gasteiger partial charge in [-0.25, -0.2) is 0 Å². The Morgan fingerprint density at radius 1 is 0.179 bits per heavy atom. The molecule has 0 heterocycles. The second kappa shape index (κ2) is 19.0. The average molecular weight is 873 g/mol. The molecule has 0 N–H and O–H groups in total. The van der Waals surface area contributed by atoms with Crippen LogP contribution in [0.5, 0.6) is 0 Å². The zero-order valence-electron chi connectivity index (χ0n) is 40.3. The van der Waals surface area contributed by atoms with Gasteiger partial charge in [0.05, 0.1) is 17.1 Å². The first-order chi connectivity index (χ1) is 32.4. The van der Waals surface area contributed by atoms with E-state index in [4.69, 9.17) is 0 Å². The van der Waals surface area contributed by atoms with Crippen molar-refractivity contribution in [1.82, 2.24) is 0 Å². The molecule has 0 fully saturated rings. The number of nitrogens with zero attached hydrogens (tertiary/aromatic N) is 4. The highest BCUT2D eigenvalue weighted by Crippen LogP contribution is 2.47. The summed E-state index contributed by atoms with van der Waals surface area (Å²) in [5.74, 6) is 0. The Bertz CT molecular complexity index is 2650. The molecule has 0 aliphatic carbocycles. The first-order valence-corrected chi connectivity index (χ1v) is 23.3. The average Bonchev–Trinajstić information content (AvgIpc) is 3.33. The van der Waals surface area contributed by atoms with Crippen LogP contribution in [0.4, 0.5) is 68.2 Å². The SMILES string of the molecule is Cc1ccc(N(c2ccc(C)cc2)c2cc(N(c3ccc(C)c(N(c4ccc(C)cc4)c4ccc(C)cc4)c3)c3ccc(C)c(N(c4ccc(C)cc4)c4ccc(C)cc4)c3)ccc2C)cc1. The van der Waals surface area contributed by atoms with Gasteiger partial charge in [-0.15, -0.1) is 0 Å². The molecule has 9 aromatic carbocycles. The fourth-order valence-electron chi connectivity index (χ4n) is 8.83. The highest BCUT2D eigenvalue weighted by atomic mass is 15.2. The Hall–Kier alpha value is -7.82. The maximum absolute atomic E-state index is 2.43. The third-order valence-corrected chi connectivity index (χ3v) is 12.8. The van der Waals surface area contributed by atoms with Gasteiger partial charge in [-0.1, -0.05) is 124 Å². The van der Waals surface area contributed by atoms with Crippen LogP contribution < -0.4 is 19.6 Å². The van der Waals surface area contributed by atoms with Gasteiger partial charge in [0.1, 0.15) is 0 Å². The van der Waals surface area contributed by atoms with Crippen molar-refractivity contribution in [1.29, 1.82) is 0 Å². The number of aryl methyl sites for hydroxylation is 9. The minimum absolute atomic E-state index is 1.05. The molecular formula is C63H60N4. The lowest BCUT2D eigenvalue weighted by Crippen LogP contribution is -2.17. The van der Waals surface area contributed by atoms with Crippen LogP contribution in [0.3, 0.4) is 0 Å². The summed E-state index contributed by atoms with van der Waals surface area (Å²) in [6.45, 7) is 19.5. The summed E-state index contributed by atoms with van der Waals surface area (Å²) < 4.78 is 0. The molecule has 67 heavy (non-hydrogen) atoms. The third kappa shape index (κ3) is 9.48. The van der Waals surface area contributed by atoms with Crippen molar-refractivity contribution in [2.24, 2.45) is 0 Å². The fourth-order valence-corrected chi connectivity index (χ4v) is 8.83. The molecule has 0 saturated carbocycles. The second-order valence-electron chi connectivity index (χ2n) is 18.3. The van der Waals surface area contributed by atoms with E-state index in [9.17, 15) is 0 Å². The van der Waals surface area contributed by atoms with E-state index < -0.39 is 0 Å². The molecule has 0 amide bonds. The molecular weight excluding hydrogens is 813 g/mol. The van der Waals surface area contributed by atoms with E-state index >= 15 is 0 Å². The van der Waals surface area contributed by atoms with Crippen molar-refractivity contribution in [3.05, 3.63) is 250 Å². The van der Waals surface area contributed by atoms with Crippen molar-refractivity contribution in [2.45, 2.75) is 62.3 Å². The molecule has 4 heteroatoms. The van der Waals surface area contributed by atoms with Crippen LogP contribution in [-0.2, 0) is 0 Å². The lowest BCUT2D eigenvalue weighted by molar-refractivity contribution is 1.19. The third-order valence-electron chi connectivity index (χ3n) is 12.8. The molecule has 9 aromatic rings. The first-order valence-electron chi connectivity index (χ1n) is 23.3. The van der Waals surface area contributed by atoms with Crippen LogP contribution in [0, 0.1) is 62.3 Å². The summed E-state index contributed by atoms with van der Waals surface area (Å²) in [7, 11) is 0. The van der Waals surface area contributed by atoms with E-state index in [1.165, 1.54) is 50.1 Å². The normalized spacial score (nSPS) is 11.1. The smallest absolute Gasteiger partial charge is 0.0511 e. The zero-order valence-corrected chi connectivity index (χ0v) is 40.3. The fraction of sp³-hybridized carbons (Fsp3) is 0.143. The molecule has 332 valence electrons. The standard InChI is InChI=1S/C63H60N4/c1-43-10-25-52(26-11-43)65(53-27-12-44(2)13-28-53)61-40-58(37-22-49(61)7)64(59-38-23-50(8)62(41-59)66(54-29-14-45(3)15-30-54)55-31-16-46(4)17-32-55)60-39-24-51(9)63(42-60)67(56-33-18-47(5)19-34-56)57-35-20-48(6)21-36-57/h10-42H,1-9H3. The molecule has 4 nitrogen and oxygen atoms in total. The number of anilines is 12. The maximum Gasteiger partial charge on any atom is 0.0511 e. The van der Waals surface area contributed by atoms with Crippen LogP contribution in [0.25, 0.3) is 0 Å². The van der Waals surface area contributed by atoms with E-state index in [-0.39, 0.29) is 0 Å². The van der Waals surface area contributed by atoms with E-state index in [0.29, 0.717) is 0 Å². The summed E-state index contributed by atoms with van der Waals surface area (Å²) in [4.78, 5) is 9.61. The molecule has 0 aliphatic heterocycles. The van der Waals surface area contributed by atoms with Crippen molar-refractivity contribution in [3.8, 4) is 0 Å². The summed E-state index contributed by atoms with van der Waals surface area (Å²) in [6.07, 6.45) is 0. The Balaban J connectivity index is 1.29. The Morgan fingerprint density at radius 3 is 0.522 bits per heavy atom. The zero-order chi connectivity index (χ0) is 46.8. The number of benzene rings is 9.